The Morgan fingerprint density at radius 1 is 1.24 bits per heavy atom. The first-order valence-electron chi connectivity index (χ1n) is 7.36. The van der Waals surface area contributed by atoms with E-state index in [4.69, 9.17) is 5.73 Å². The highest BCUT2D eigenvalue weighted by atomic mass is 79.9. The molecule has 1 aromatic carbocycles. The van der Waals surface area contributed by atoms with Crippen LogP contribution >= 0.6 is 27.7 Å². The van der Waals surface area contributed by atoms with Gasteiger partial charge in [0.25, 0.3) is 0 Å². The maximum Gasteiger partial charge on any atom is 0.196 e. The first-order chi connectivity index (χ1) is 10.3. The molecule has 112 valence electrons. The highest BCUT2D eigenvalue weighted by Crippen LogP contribution is 2.34. The number of fused-ring (bicyclic) bond motifs is 1. The van der Waals surface area contributed by atoms with Gasteiger partial charge in [0.2, 0.25) is 0 Å². The summed E-state index contributed by atoms with van der Waals surface area (Å²) in [7, 11) is 0. The van der Waals surface area contributed by atoms with Crippen molar-refractivity contribution in [3.8, 4) is 0 Å². The van der Waals surface area contributed by atoms with Gasteiger partial charge in [-0.1, -0.05) is 12.5 Å². The number of halogens is 1. The molecule has 2 aromatic rings. The Labute approximate surface area is 137 Å². The standard InChI is InChI=1S/C15H19BrN4S/c16-12-10-11(7-8-17)5-6-13(12)21-15-19-18-14-4-2-1-3-9-20(14)15/h5-6,10H,1-4,7-9,17H2. The van der Waals surface area contributed by atoms with Crippen molar-refractivity contribution in [1.82, 2.24) is 14.8 Å². The Morgan fingerprint density at radius 2 is 2.14 bits per heavy atom. The molecule has 0 unspecified atom stereocenters. The van der Waals surface area contributed by atoms with Crippen molar-refractivity contribution in [2.24, 2.45) is 5.73 Å². The fraction of sp³-hybridized carbons (Fsp3) is 0.467. The Morgan fingerprint density at radius 3 is 2.95 bits per heavy atom. The third-order valence-electron chi connectivity index (χ3n) is 3.71. The number of benzene rings is 1. The van der Waals surface area contributed by atoms with Gasteiger partial charge >= 0.3 is 0 Å². The van der Waals surface area contributed by atoms with Gasteiger partial charge in [-0.3, -0.25) is 0 Å². The number of hydrogen-bond acceptors (Lipinski definition) is 4. The Kier molecular flexibility index (Phi) is 4.98. The molecule has 0 bridgehead atoms. The first-order valence-corrected chi connectivity index (χ1v) is 8.97. The van der Waals surface area contributed by atoms with E-state index in [1.54, 1.807) is 11.8 Å². The van der Waals surface area contributed by atoms with Gasteiger partial charge in [-0.25, -0.2) is 0 Å². The molecule has 3 rings (SSSR count). The van der Waals surface area contributed by atoms with Crippen molar-refractivity contribution in [3.63, 3.8) is 0 Å². The summed E-state index contributed by atoms with van der Waals surface area (Å²) in [5.41, 5.74) is 6.87. The highest BCUT2D eigenvalue weighted by molar-refractivity contribution is 9.10. The fourth-order valence-corrected chi connectivity index (χ4v) is 4.13. The normalized spacial score (nSPS) is 14.8. The minimum absolute atomic E-state index is 0.677. The Balaban J connectivity index is 1.82. The van der Waals surface area contributed by atoms with Gasteiger partial charge in [-0.15, -0.1) is 10.2 Å². The first kappa shape index (κ1) is 15.1. The molecule has 2 N–H and O–H groups in total. The fourth-order valence-electron chi connectivity index (χ4n) is 2.58. The van der Waals surface area contributed by atoms with Gasteiger partial charge in [0.1, 0.15) is 5.82 Å². The molecule has 0 aliphatic carbocycles. The minimum atomic E-state index is 0.677. The second kappa shape index (κ2) is 6.94. The Hall–Kier alpha value is -0.850. The molecular formula is C15H19BrN4S. The number of nitrogens with zero attached hydrogens (tertiary/aromatic N) is 3. The van der Waals surface area contributed by atoms with E-state index in [1.165, 1.54) is 29.7 Å². The quantitative estimate of drug-likeness (QED) is 0.900. The summed E-state index contributed by atoms with van der Waals surface area (Å²) in [4.78, 5) is 1.18. The maximum absolute atomic E-state index is 5.61. The van der Waals surface area contributed by atoms with Crippen LogP contribution in [0.1, 0.15) is 30.7 Å². The molecule has 0 atom stereocenters. The van der Waals surface area contributed by atoms with E-state index in [9.17, 15) is 0 Å². The minimum Gasteiger partial charge on any atom is -0.330 e. The number of aryl methyl sites for hydroxylation is 1. The van der Waals surface area contributed by atoms with Gasteiger partial charge in [0.15, 0.2) is 5.16 Å². The SMILES string of the molecule is NCCc1ccc(Sc2nnc3n2CCCCC3)c(Br)c1. The molecule has 0 saturated carbocycles. The summed E-state index contributed by atoms with van der Waals surface area (Å²) < 4.78 is 3.38. The smallest absolute Gasteiger partial charge is 0.196 e. The van der Waals surface area contributed by atoms with Crippen LogP contribution in [0.15, 0.2) is 32.7 Å². The molecular weight excluding hydrogens is 348 g/mol. The van der Waals surface area contributed by atoms with Crippen LogP contribution in [0.2, 0.25) is 0 Å². The molecule has 1 aliphatic rings. The van der Waals surface area contributed by atoms with Crippen molar-refractivity contribution >= 4 is 27.7 Å². The molecule has 1 aliphatic heterocycles. The lowest BCUT2D eigenvalue weighted by Gasteiger charge is -2.08. The van der Waals surface area contributed by atoms with Gasteiger partial charge in [-0.2, -0.15) is 0 Å². The molecule has 21 heavy (non-hydrogen) atoms. The topological polar surface area (TPSA) is 56.7 Å². The lowest BCUT2D eigenvalue weighted by atomic mass is 10.2. The summed E-state index contributed by atoms with van der Waals surface area (Å²) in [6.07, 6.45) is 5.68. The number of rotatable bonds is 4. The molecule has 1 aromatic heterocycles. The summed E-state index contributed by atoms with van der Waals surface area (Å²) in [5.74, 6) is 1.13. The van der Waals surface area contributed by atoms with E-state index in [1.807, 2.05) is 0 Å². The zero-order chi connectivity index (χ0) is 14.7. The van der Waals surface area contributed by atoms with E-state index in [2.05, 4.69) is 48.9 Å². The maximum atomic E-state index is 5.61. The molecule has 6 heteroatoms. The molecule has 0 radical (unpaired) electrons. The summed E-state index contributed by atoms with van der Waals surface area (Å²) in [6.45, 7) is 1.71. The predicted molar refractivity (Wildman–Crippen MR) is 88.6 cm³/mol. The predicted octanol–water partition coefficient (Wildman–Crippen LogP) is 3.42. The van der Waals surface area contributed by atoms with E-state index < -0.39 is 0 Å². The van der Waals surface area contributed by atoms with Crippen LogP contribution in [0, 0.1) is 0 Å². The number of hydrogen-bond donors (Lipinski definition) is 1. The zero-order valence-electron chi connectivity index (χ0n) is 11.9. The summed E-state index contributed by atoms with van der Waals surface area (Å²) in [5, 5.41) is 9.72. The van der Waals surface area contributed by atoms with Crippen molar-refractivity contribution < 1.29 is 0 Å². The summed E-state index contributed by atoms with van der Waals surface area (Å²) in [6, 6.07) is 6.42. The molecule has 0 spiro atoms. The van der Waals surface area contributed by atoms with Crippen molar-refractivity contribution in [2.45, 2.75) is 48.7 Å². The number of aromatic nitrogens is 3. The monoisotopic (exact) mass is 366 g/mol. The van der Waals surface area contributed by atoms with E-state index in [-0.39, 0.29) is 0 Å². The van der Waals surface area contributed by atoms with Crippen LogP contribution < -0.4 is 5.73 Å². The van der Waals surface area contributed by atoms with Gasteiger partial charge in [0, 0.05) is 22.3 Å². The molecule has 2 heterocycles. The average Bonchev–Trinajstić information content (AvgIpc) is 2.70. The largest absolute Gasteiger partial charge is 0.330 e. The zero-order valence-corrected chi connectivity index (χ0v) is 14.3. The third kappa shape index (κ3) is 3.49. The molecule has 0 fully saturated rings. The molecule has 0 saturated heterocycles. The van der Waals surface area contributed by atoms with Gasteiger partial charge in [-0.05, 0) is 71.2 Å². The highest BCUT2D eigenvalue weighted by Gasteiger charge is 2.16. The van der Waals surface area contributed by atoms with Crippen LogP contribution in [0.25, 0.3) is 0 Å². The van der Waals surface area contributed by atoms with Crippen LogP contribution in [0.3, 0.4) is 0 Å². The van der Waals surface area contributed by atoms with Crippen molar-refractivity contribution in [1.29, 1.82) is 0 Å². The van der Waals surface area contributed by atoms with Crippen LogP contribution in [0.4, 0.5) is 0 Å². The van der Waals surface area contributed by atoms with Crippen molar-refractivity contribution in [3.05, 3.63) is 34.1 Å². The van der Waals surface area contributed by atoms with E-state index in [0.29, 0.717) is 6.54 Å². The second-order valence-electron chi connectivity index (χ2n) is 5.27. The summed E-state index contributed by atoms with van der Waals surface area (Å²) >= 11 is 5.34. The molecule has 0 amide bonds. The van der Waals surface area contributed by atoms with Gasteiger partial charge < -0.3 is 10.3 Å². The van der Waals surface area contributed by atoms with Crippen molar-refractivity contribution in [2.75, 3.05) is 6.54 Å². The lowest BCUT2D eigenvalue weighted by Crippen LogP contribution is -2.03. The van der Waals surface area contributed by atoms with Crippen LogP contribution in [-0.4, -0.2) is 21.3 Å². The van der Waals surface area contributed by atoms with Gasteiger partial charge in [0.05, 0.1) is 0 Å². The van der Waals surface area contributed by atoms with E-state index in [0.717, 1.165) is 34.8 Å². The average molecular weight is 367 g/mol. The number of nitrogens with two attached hydrogens (primary N) is 1. The van der Waals surface area contributed by atoms with E-state index >= 15 is 0 Å². The third-order valence-corrected chi connectivity index (χ3v) is 5.69. The second-order valence-corrected chi connectivity index (χ2v) is 7.13. The Bertz CT molecular complexity index is 626. The van der Waals surface area contributed by atoms with Crippen LogP contribution in [0.5, 0.6) is 0 Å². The lowest BCUT2D eigenvalue weighted by molar-refractivity contribution is 0.591. The molecule has 4 nitrogen and oxygen atoms in total. The van der Waals surface area contributed by atoms with Crippen LogP contribution in [-0.2, 0) is 19.4 Å².